The lowest BCUT2D eigenvalue weighted by Gasteiger charge is -2.39. The Kier molecular flexibility index (Phi) is 6.16. The molecular weight excluding hydrogens is 284 g/mol. The summed E-state index contributed by atoms with van der Waals surface area (Å²) in [5.74, 6) is -0.264. The zero-order valence-corrected chi connectivity index (χ0v) is 13.6. The van der Waals surface area contributed by atoms with Crippen LogP contribution in [0.1, 0.15) is 19.8 Å². The third kappa shape index (κ3) is 4.66. The summed E-state index contributed by atoms with van der Waals surface area (Å²) in [6, 6.07) is 0.132. The number of hydrogen-bond donors (Lipinski definition) is 2. The van der Waals surface area contributed by atoms with Gasteiger partial charge >= 0.3 is 0 Å². The number of hydrogen-bond acceptors (Lipinski definition) is 5. The summed E-state index contributed by atoms with van der Waals surface area (Å²) >= 11 is 0. The molecule has 2 aliphatic heterocycles. The van der Waals surface area contributed by atoms with Gasteiger partial charge in [0.2, 0.25) is 11.8 Å². The van der Waals surface area contributed by atoms with E-state index < -0.39 is 0 Å². The molecule has 2 rings (SSSR count). The van der Waals surface area contributed by atoms with Crippen molar-refractivity contribution in [2.45, 2.75) is 31.9 Å². The number of rotatable bonds is 3. The first kappa shape index (κ1) is 17.2. The van der Waals surface area contributed by atoms with Gasteiger partial charge in [0.05, 0.1) is 12.6 Å². The predicted octanol–water partition coefficient (Wildman–Crippen LogP) is -1.28. The Hall–Kier alpha value is -1.18. The molecule has 2 atom stereocenters. The zero-order chi connectivity index (χ0) is 16.1. The molecule has 0 aromatic rings. The van der Waals surface area contributed by atoms with E-state index >= 15 is 0 Å². The number of nitrogens with zero attached hydrogens (tertiary/aromatic N) is 3. The summed E-state index contributed by atoms with van der Waals surface area (Å²) < 4.78 is 0. The summed E-state index contributed by atoms with van der Waals surface area (Å²) in [5, 5.41) is 13.0. The topological polar surface area (TPSA) is 76.1 Å². The number of amides is 2. The minimum absolute atomic E-state index is 0.0462. The number of aliphatic hydroxyl groups is 1. The molecule has 0 unspecified atom stereocenters. The molecule has 0 bridgehead atoms. The Morgan fingerprint density at radius 2 is 1.73 bits per heavy atom. The van der Waals surface area contributed by atoms with Crippen LogP contribution in [0.3, 0.4) is 0 Å². The molecule has 7 nitrogen and oxygen atoms in total. The molecule has 0 spiro atoms. The molecule has 7 heteroatoms. The number of piperazine rings is 1. The number of likely N-dealkylation sites (tertiary alicyclic amines) is 1. The number of aliphatic hydroxyl groups excluding tert-OH is 1. The first-order chi connectivity index (χ1) is 10.5. The third-order valence-electron chi connectivity index (χ3n) is 4.68. The van der Waals surface area contributed by atoms with Gasteiger partial charge in [-0.3, -0.25) is 14.5 Å². The molecule has 2 fully saturated rings. The summed E-state index contributed by atoms with van der Waals surface area (Å²) in [4.78, 5) is 29.4. The van der Waals surface area contributed by atoms with Crippen molar-refractivity contribution in [3.05, 3.63) is 0 Å². The van der Waals surface area contributed by atoms with E-state index in [0.717, 1.165) is 32.6 Å². The molecule has 2 amide bonds. The molecule has 2 aliphatic rings. The van der Waals surface area contributed by atoms with Crippen molar-refractivity contribution in [1.29, 1.82) is 0 Å². The highest BCUT2D eigenvalue weighted by Crippen LogP contribution is 2.19. The van der Waals surface area contributed by atoms with Crippen molar-refractivity contribution in [3.8, 4) is 0 Å². The van der Waals surface area contributed by atoms with Crippen LogP contribution in [0.2, 0.25) is 0 Å². The summed E-state index contributed by atoms with van der Waals surface area (Å²) in [7, 11) is 2.11. The van der Waals surface area contributed by atoms with E-state index in [4.69, 9.17) is 0 Å². The standard InChI is InChI=1S/C15H28N4O3/c1-12(20)16-11-15(22)19-5-3-13(14(21)4-6-19)18-9-7-17(2)8-10-18/h13-14,21H,3-11H2,1-2H3,(H,16,20)/t13-,14-/m0/s1. The molecular formula is C15H28N4O3. The molecule has 2 saturated heterocycles. The van der Waals surface area contributed by atoms with E-state index in [1.807, 2.05) is 0 Å². The van der Waals surface area contributed by atoms with Crippen LogP contribution in [0, 0.1) is 0 Å². The largest absolute Gasteiger partial charge is 0.391 e. The molecule has 0 radical (unpaired) electrons. The first-order valence-corrected chi connectivity index (χ1v) is 8.10. The van der Waals surface area contributed by atoms with Crippen molar-refractivity contribution >= 4 is 11.8 Å². The maximum Gasteiger partial charge on any atom is 0.241 e. The maximum absolute atomic E-state index is 12.1. The van der Waals surface area contributed by atoms with Crippen molar-refractivity contribution in [2.24, 2.45) is 0 Å². The minimum atomic E-state index is -0.387. The lowest BCUT2D eigenvalue weighted by atomic mass is 10.0. The average molecular weight is 312 g/mol. The van der Waals surface area contributed by atoms with Gasteiger partial charge in [0.1, 0.15) is 0 Å². The Morgan fingerprint density at radius 3 is 2.36 bits per heavy atom. The van der Waals surface area contributed by atoms with Crippen LogP contribution in [-0.4, -0.2) is 96.6 Å². The molecule has 126 valence electrons. The smallest absolute Gasteiger partial charge is 0.241 e. The zero-order valence-electron chi connectivity index (χ0n) is 13.6. The summed E-state index contributed by atoms with van der Waals surface area (Å²) in [6.45, 7) is 6.64. The van der Waals surface area contributed by atoms with E-state index in [1.165, 1.54) is 6.92 Å². The Morgan fingerprint density at radius 1 is 1.09 bits per heavy atom. The van der Waals surface area contributed by atoms with Gasteiger partial charge in [0, 0.05) is 52.2 Å². The molecule has 0 aromatic heterocycles. The second kappa shape index (κ2) is 7.89. The number of carbonyl (C=O) groups excluding carboxylic acids is 2. The molecule has 2 N–H and O–H groups in total. The van der Waals surface area contributed by atoms with Crippen LogP contribution >= 0.6 is 0 Å². The third-order valence-corrected chi connectivity index (χ3v) is 4.68. The van der Waals surface area contributed by atoms with Crippen LogP contribution in [0.25, 0.3) is 0 Å². The fourth-order valence-electron chi connectivity index (χ4n) is 3.21. The van der Waals surface area contributed by atoms with Crippen LogP contribution in [0.5, 0.6) is 0 Å². The van der Waals surface area contributed by atoms with Crippen LogP contribution in [0.15, 0.2) is 0 Å². The molecule has 0 saturated carbocycles. The normalized spacial score (nSPS) is 28.2. The van der Waals surface area contributed by atoms with Crippen LogP contribution in [-0.2, 0) is 9.59 Å². The molecule has 0 aromatic carbocycles. The van der Waals surface area contributed by atoms with E-state index in [0.29, 0.717) is 19.5 Å². The van der Waals surface area contributed by atoms with Crippen molar-refractivity contribution in [1.82, 2.24) is 20.0 Å². The highest BCUT2D eigenvalue weighted by Gasteiger charge is 2.32. The number of likely N-dealkylation sites (N-methyl/N-ethyl adjacent to an activating group) is 1. The second-order valence-corrected chi connectivity index (χ2v) is 6.34. The van der Waals surface area contributed by atoms with Gasteiger partial charge in [-0.05, 0) is 19.9 Å². The fraction of sp³-hybridized carbons (Fsp3) is 0.867. The Labute approximate surface area is 132 Å². The van der Waals surface area contributed by atoms with Gasteiger partial charge < -0.3 is 20.2 Å². The average Bonchev–Trinajstić information content (AvgIpc) is 2.68. The summed E-state index contributed by atoms with van der Waals surface area (Å²) in [6.07, 6.45) is 1.00. The van der Waals surface area contributed by atoms with E-state index in [1.54, 1.807) is 4.90 Å². The highest BCUT2D eigenvalue weighted by molar-refractivity contribution is 5.83. The monoisotopic (exact) mass is 312 g/mol. The lowest BCUT2D eigenvalue weighted by molar-refractivity contribution is -0.132. The number of nitrogens with one attached hydrogen (secondary N) is 1. The van der Waals surface area contributed by atoms with Gasteiger partial charge in [-0.25, -0.2) is 0 Å². The molecule has 0 aliphatic carbocycles. The SMILES string of the molecule is CC(=O)NCC(=O)N1CC[C@H](O)[C@@H](N2CCN(C)CC2)CC1. The van der Waals surface area contributed by atoms with Crippen molar-refractivity contribution in [2.75, 3.05) is 52.9 Å². The van der Waals surface area contributed by atoms with E-state index in [-0.39, 0.29) is 30.5 Å². The Balaban J connectivity index is 1.87. The van der Waals surface area contributed by atoms with Crippen LogP contribution < -0.4 is 5.32 Å². The van der Waals surface area contributed by atoms with Gasteiger partial charge in [-0.2, -0.15) is 0 Å². The van der Waals surface area contributed by atoms with Gasteiger partial charge in [0.15, 0.2) is 0 Å². The van der Waals surface area contributed by atoms with Gasteiger partial charge in [-0.15, -0.1) is 0 Å². The van der Waals surface area contributed by atoms with Crippen molar-refractivity contribution < 1.29 is 14.7 Å². The predicted molar refractivity (Wildman–Crippen MR) is 83.4 cm³/mol. The van der Waals surface area contributed by atoms with Gasteiger partial charge in [-0.1, -0.05) is 0 Å². The lowest BCUT2D eigenvalue weighted by Crippen LogP contribution is -2.52. The minimum Gasteiger partial charge on any atom is -0.391 e. The van der Waals surface area contributed by atoms with Crippen molar-refractivity contribution in [3.63, 3.8) is 0 Å². The maximum atomic E-state index is 12.1. The summed E-state index contributed by atoms with van der Waals surface area (Å²) in [5.41, 5.74) is 0. The number of carbonyl (C=O) groups is 2. The highest BCUT2D eigenvalue weighted by atomic mass is 16.3. The first-order valence-electron chi connectivity index (χ1n) is 8.10. The second-order valence-electron chi connectivity index (χ2n) is 6.34. The fourth-order valence-corrected chi connectivity index (χ4v) is 3.21. The van der Waals surface area contributed by atoms with Gasteiger partial charge in [0.25, 0.3) is 0 Å². The quantitative estimate of drug-likeness (QED) is 0.679. The van der Waals surface area contributed by atoms with E-state index in [9.17, 15) is 14.7 Å². The molecule has 22 heavy (non-hydrogen) atoms. The van der Waals surface area contributed by atoms with E-state index in [2.05, 4.69) is 22.2 Å². The Bertz CT molecular complexity index is 396. The van der Waals surface area contributed by atoms with Crippen LogP contribution in [0.4, 0.5) is 0 Å². The molecule has 2 heterocycles.